The van der Waals surface area contributed by atoms with Gasteiger partial charge in [0.2, 0.25) is 0 Å². The van der Waals surface area contributed by atoms with Gasteiger partial charge in [-0.25, -0.2) is 21.8 Å². The smallest absolute Gasteiger partial charge is 0.263 e. The van der Waals surface area contributed by atoms with E-state index in [-0.39, 0.29) is 21.3 Å². The molecule has 2 N–H and O–H groups in total. The van der Waals surface area contributed by atoms with Crippen molar-refractivity contribution < 1.29 is 21.6 Å². The van der Waals surface area contributed by atoms with Crippen molar-refractivity contribution in [3.63, 3.8) is 0 Å². The molecule has 0 amide bonds. The second kappa shape index (κ2) is 7.87. The number of hydrogen-bond donors (Lipinski definition) is 2. The minimum Gasteiger partial charge on any atom is -0.497 e. The molecule has 0 radical (unpaired) electrons. The van der Waals surface area contributed by atoms with Gasteiger partial charge < -0.3 is 4.74 Å². The van der Waals surface area contributed by atoms with Crippen molar-refractivity contribution in [2.45, 2.75) is 9.79 Å². The Hall–Kier alpha value is -3.11. The van der Waals surface area contributed by atoms with Crippen LogP contribution in [0.3, 0.4) is 0 Å². The second-order valence-electron chi connectivity index (χ2n) is 5.63. The maximum atomic E-state index is 12.4. The van der Waals surface area contributed by atoms with E-state index in [2.05, 4.69) is 14.4 Å². The number of methoxy groups -OCH3 is 1. The lowest BCUT2D eigenvalue weighted by Crippen LogP contribution is -2.15. The molecule has 0 spiro atoms. The van der Waals surface area contributed by atoms with Crippen molar-refractivity contribution in [3.8, 4) is 5.75 Å². The Kier molecular flexibility index (Phi) is 5.52. The molecule has 0 fully saturated rings. The highest BCUT2D eigenvalue weighted by atomic mass is 32.2. The Balaban J connectivity index is 1.76. The number of nitrogens with zero attached hydrogens (tertiary/aromatic N) is 1. The van der Waals surface area contributed by atoms with E-state index in [1.807, 2.05) is 0 Å². The van der Waals surface area contributed by atoms with Crippen LogP contribution in [-0.4, -0.2) is 28.9 Å². The van der Waals surface area contributed by atoms with E-state index >= 15 is 0 Å². The van der Waals surface area contributed by atoms with Crippen LogP contribution in [0.2, 0.25) is 0 Å². The van der Waals surface area contributed by atoms with Crippen LogP contribution >= 0.6 is 0 Å². The average molecular weight is 419 g/mol. The zero-order valence-electron chi connectivity index (χ0n) is 14.7. The van der Waals surface area contributed by atoms with E-state index < -0.39 is 20.0 Å². The Morgan fingerprint density at radius 1 is 0.750 bits per heavy atom. The summed E-state index contributed by atoms with van der Waals surface area (Å²) >= 11 is 0. The molecule has 1 aromatic heterocycles. The third-order valence-corrected chi connectivity index (χ3v) is 6.46. The third kappa shape index (κ3) is 4.59. The van der Waals surface area contributed by atoms with Crippen molar-refractivity contribution in [3.05, 3.63) is 72.9 Å². The Morgan fingerprint density at radius 2 is 1.32 bits per heavy atom. The lowest BCUT2D eigenvalue weighted by atomic mass is 10.3. The van der Waals surface area contributed by atoms with Crippen LogP contribution in [0.25, 0.3) is 0 Å². The van der Waals surface area contributed by atoms with Gasteiger partial charge in [0.15, 0.2) is 0 Å². The number of ether oxygens (including phenoxy) is 1. The van der Waals surface area contributed by atoms with E-state index in [0.717, 1.165) is 0 Å². The van der Waals surface area contributed by atoms with Crippen molar-refractivity contribution in [2.75, 3.05) is 16.6 Å². The molecule has 146 valence electrons. The molecule has 0 aliphatic heterocycles. The summed E-state index contributed by atoms with van der Waals surface area (Å²) in [6.45, 7) is 0. The molecule has 0 aliphatic carbocycles. The van der Waals surface area contributed by atoms with E-state index in [4.69, 9.17) is 4.74 Å². The molecule has 0 saturated heterocycles. The monoisotopic (exact) mass is 419 g/mol. The van der Waals surface area contributed by atoms with Crippen LogP contribution < -0.4 is 14.2 Å². The Morgan fingerprint density at radius 3 is 1.86 bits per heavy atom. The van der Waals surface area contributed by atoms with Crippen molar-refractivity contribution in [1.29, 1.82) is 0 Å². The first-order valence-corrected chi connectivity index (χ1v) is 11.0. The third-order valence-electron chi connectivity index (χ3n) is 3.69. The molecule has 3 aromatic rings. The van der Waals surface area contributed by atoms with Gasteiger partial charge in [0.05, 0.1) is 16.9 Å². The molecule has 0 atom stereocenters. The number of hydrogen-bond acceptors (Lipinski definition) is 6. The molecular weight excluding hydrogens is 402 g/mol. The maximum Gasteiger partial charge on any atom is 0.263 e. The fraction of sp³-hybridized carbons (Fsp3) is 0.0556. The van der Waals surface area contributed by atoms with Gasteiger partial charge in [-0.3, -0.25) is 9.44 Å². The molecule has 0 bridgehead atoms. The van der Waals surface area contributed by atoms with Gasteiger partial charge in [-0.15, -0.1) is 0 Å². The molecule has 2 aromatic carbocycles. The lowest BCUT2D eigenvalue weighted by molar-refractivity contribution is 0.414. The molecule has 10 heteroatoms. The minimum absolute atomic E-state index is 0.0226. The van der Waals surface area contributed by atoms with E-state index in [1.165, 1.54) is 67.9 Å². The van der Waals surface area contributed by atoms with E-state index in [0.29, 0.717) is 5.75 Å². The average Bonchev–Trinajstić information content (AvgIpc) is 2.68. The number of pyridine rings is 1. The highest BCUT2D eigenvalue weighted by Crippen LogP contribution is 2.21. The molecule has 8 nitrogen and oxygen atoms in total. The van der Waals surface area contributed by atoms with Crippen molar-refractivity contribution in [1.82, 2.24) is 4.98 Å². The molecular formula is C18H17N3O5S2. The second-order valence-corrected chi connectivity index (χ2v) is 8.99. The zero-order chi connectivity index (χ0) is 20.2. The van der Waals surface area contributed by atoms with Gasteiger partial charge in [-0.05, 0) is 60.7 Å². The summed E-state index contributed by atoms with van der Waals surface area (Å²) in [6, 6.07) is 16.1. The summed E-state index contributed by atoms with van der Waals surface area (Å²) in [5.74, 6) is 0.723. The van der Waals surface area contributed by atoms with Gasteiger partial charge in [0.1, 0.15) is 11.6 Å². The Bertz CT molecular complexity index is 1150. The van der Waals surface area contributed by atoms with Gasteiger partial charge in [-0.1, -0.05) is 6.07 Å². The van der Waals surface area contributed by atoms with Crippen LogP contribution in [0, 0.1) is 0 Å². The van der Waals surface area contributed by atoms with Gasteiger partial charge in [-0.2, -0.15) is 0 Å². The number of sulfonamides is 2. The van der Waals surface area contributed by atoms with Gasteiger partial charge >= 0.3 is 0 Å². The number of aromatic nitrogens is 1. The van der Waals surface area contributed by atoms with E-state index in [9.17, 15) is 16.8 Å². The predicted molar refractivity (Wildman–Crippen MR) is 105 cm³/mol. The van der Waals surface area contributed by atoms with Crippen molar-refractivity contribution in [2.24, 2.45) is 0 Å². The minimum atomic E-state index is -3.84. The first kappa shape index (κ1) is 19.6. The van der Waals surface area contributed by atoms with Crippen LogP contribution in [0.15, 0.2) is 82.7 Å². The molecule has 3 rings (SSSR count). The summed E-state index contributed by atoms with van der Waals surface area (Å²) in [5, 5.41) is 0. The van der Waals surface area contributed by atoms with Crippen LogP contribution in [-0.2, 0) is 20.0 Å². The SMILES string of the molecule is COc1ccc(S(=O)(=O)Nc2ccc(S(=O)(=O)Nc3ccccn3)cc2)cc1. The summed E-state index contributed by atoms with van der Waals surface area (Å²) in [5.41, 5.74) is 0.229. The number of anilines is 2. The van der Waals surface area contributed by atoms with Crippen molar-refractivity contribution >= 4 is 31.6 Å². The lowest BCUT2D eigenvalue weighted by Gasteiger charge is -2.10. The summed E-state index contributed by atoms with van der Waals surface area (Å²) in [7, 11) is -6.17. The maximum absolute atomic E-state index is 12.4. The largest absolute Gasteiger partial charge is 0.497 e. The molecule has 0 unspecified atom stereocenters. The van der Waals surface area contributed by atoms with Crippen LogP contribution in [0.5, 0.6) is 5.75 Å². The number of nitrogens with one attached hydrogen (secondary N) is 2. The van der Waals surface area contributed by atoms with Gasteiger partial charge in [0, 0.05) is 11.9 Å². The zero-order valence-corrected chi connectivity index (χ0v) is 16.4. The molecule has 28 heavy (non-hydrogen) atoms. The number of benzene rings is 2. The van der Waals surface area contributed by atoms with E-state index in [1.54, 1.807) is 12.1 Å². The fourth-order valence-electron chi connectivity index (χ4n) is 2.29. The topological polar surface area (TPSA) is 114 Å². The normalized spacial score (nSPS) is 11.6. The van der Waals surface area contributed by atoms with Crippen LogP contribution in [0.1, 0.15) is 0 Å². The standard InChI is InChI=1S/C18H17N3O5S2/c1-26-15-7-11-17(12-8-15)27(22,23)20-14-5-9-16(10-6-14)28(24,25)21-18-4-2-3-13-19-18/h2-13,20H,1H3,(H,19,21). The molecule has 0 aliphatic rings. The predicted octanol–water partition coefficient (Wildman–Crippen LogP) is 2.69. The summed E-state index contributed by atoms with van der Waals surface area (Å²) < 4.78 is 59.4. The van der Waals surface area contributed by atoms with Gasteiger partial charge in [0.25, 0.3) is 20.0 Å². The quantitative estimate of drug-likeness (QED) is 0.609. The number of rotatable bonds is 7. The summed E-state index contributed by atoms with van der Waals surface area (Å²) in [4.78, 5) is 3.95. The first-order chi connectivity index (χ1) is 13.3. The fourth-order valence-corrected chi connectivity index (χ4v) is 4.36. The Labute approximate surface area is 163 Å². The highest BCUT2D eigenvalue weighted by molar-refractivity contribution is 7.93. The summed E-state index contributed by atoms with van der Waals surface area (Å²) in [6.07, 6.45) is 1.47. The molecule has 0 saturated carbocycles. The molecule has 1 heterocycles. The van der Waals surface area contributed by atoms with Crippen LogP contribution in [0.4, 0.5) is 11.5 Å². The first-order valence-electron chi connectivity index (χ1n) is 8.01. The highest BCUT2D eigenvalue weighted by Gasteiger charge is 2.17.